The average Bonchev–Trinajstić information content (AvgIpc) is 1.88. The van der Waals surface area contributed by atoms with Gasteiger partial charge in [-0.25, -0.2) is 0 Å². The predicted molar refractivity (Wildman–Crippen MR) is 363 cm³/mol. The Labute approximate surface area is 512 Å². The molecule has 0 unspecified atom stereocenters. The van der Waals surface area contributed by atoms with Crippen molar-refractivity contribution in [3.8, 4) is 50.2 Å². The Hall–Kier alpha value is -9.21. The third kappa shape index (κ3) is 10.0. The molecule has 0 amide bonds. The number of hydrogen-bond acceptors (Lipinski definition) is 6. The smallest absolute Gasteiger partial charge is 0.399 e. The van der Waals surface area contributed by atoms with Gasteiger partial charge in [0.1, 0.15) is 0 Å². The highest BCUT2D eigenvalue weighted by atomic mass is 16.7. The zero-order chi connectivity index (χ0) is 59.7. The molecule has 9 heteroatoms. The fourth-order valence-corrected chi connectivity index (χ4v) is 12.4. The molecule has 0 N–H and O–H groups in total. The van der Waals surface area contributed by atoms with E-state index in [-0.39, 0.29) is 0 Å². The molecular formula is C78H69B2N3O4. The number of para-hydroxylation sites is 3. The third-order valence-electron chi connectivity index (χ3n) is 18.5. The summed E-state index contributed by atoms with van der Waals surface area (Å²) in [6.07, 6.45) is 0. The highest BCUT2D eigenvalue weighted by Gasteiger charge is 2.53. The molecule has 2 aliphatic rings. The van der Waals surface area contributed by atoms with Crippen molar-refractivity contribution in [2.45, 2.75) is 77.8 Å². The molecule has 3 heterocycles. The molecule has 0 bridgehead atoms. The first-order valence-electron chi connectivity index (χ1n) is 30.3. The number of aromatic nitrogens is 1. The van der Waals surface area contributed by atoms with Crippen LogP contribution < -0.4 is 20.7 Å². The molecule has 0 spiro atoms. The van der Waals surface area contributed by atoms with Crippen LogP contribution in [0.2, 0.25) is 0 Å². The highest BCUT2D eigenvalue weighted by Crippen LogP contribution is 2.49. The van der Waals surface area contributed by atoms with Gasteiger partial charge < -0.3 is 33.0 Å². The summed E-state index contributed by atoms with van der Waals surface area (Å²) in [4.78, 5) is 4.81. The SMILES string of the molecule is CC1(C)OB(c2ccc(N(c3ccc4c(c3)c3cc(N(c5ccc(B6OC(C)(C)C(C)(C)O6)cc5)c5ccccc5-c5ccccc5)ccc3n4-c3c(-c4ccccc4)cccc3-c3ccccc3)c3ccccc3-c3ccccc3)cc2)OC1(C)C. The Morgan fingerprint density at radius 1 is 0.287 bits per heavy atom. The summed E-state index contributed by atoms with van der Waals surface area (Å²) in [5, 5.41) is 2.18. The monoisotopic (exact) mass is 1130 g/mol. The van der Waals surface area contributed by atoms with Crippen LogP contribution in [-0.4, -0.2) is 41.2 Å². The first-order valence-corrected chi connectivity index (χ1v) is 30.3. The number of nitrogens with zero attached hydrogens (tertiary/aromatic N) is 3. The van der Waals surface area contributed by atoms with Gasteiger partial charge in [0.25, 0.3) is 0 Å². The Kier molecular flexibility index (Phi) is 14.0. The van der Waals surface area contributed by atoms with Crippen LogP contribution in [0.15, 0.2) is 273 Å². The summed E-state index contributed by atoms with van der Waals surface area (Å²) in [7, 11) is -1.00. The van der Waals surface area contributed by atoms with Crippen molar-refractivity contribution in [1.82, 2.24) is 4.57 Å². The normalized spacial score (nSPS) is 15.7. The van der Waals surface area contributed by atoms with Crippen LogP contribution in [0.3, 0.4) is 0 Å². The molecule has 2 aliphatic heterocycles. The van der Waals surface area contributed by atoms with Crippen molar-refractivity contribution in [2.75, 3.05) is 9.80 Å². The van der Waals surface area contributed by atoms with Crippen LogP contribution in [-0.2, 0) is 18.6 Å². The van der Waals surface area contributed by atoms with Gasteiger partial charge in [0.05, 0.1) is 50.5 Å². The molecule has 2 saturated heterocycles. The number of rotatable bonds is 13. The number of benzene rings is 11. The summed E-state index contributed by atoms with van der Waals surface area (Å²) in [5.41, 5.74) is 18.4. The molecule has 0 aliphatic carbocycles. The van der Waals surface area contributed by atoms with Gasteiger partial charge >= 0.3 is 14.2 Å². The van der Waals surface area contributed by atoms with E-state index >= 15 is 0 Å². The maximum absolute atomic E-state index is 6.60. The zero-order valence-electron chi connectivity index (χ0n) is 50.6. The molecule has 2 fully saturated rings. The first-order chi connectivity index (χ1) is 42.1. The Morgan fingerprint density at radius 3 is 0.920 bits per heavy atom. The lowest BCUT2D eigenvalue weighted by molar-refractivity contribution is 0.00578. The lowest BCUT2D eigenvalue weighted by Crippen LogP contribution is -2.41. The fraction of sp³-hybridized carbons (Fsp3) is 0.154. The molecule has 12 aromatic rings. The molecular weight excluding hydrogens is 1060 g/mol. The van der Waals surface area contributed by atoms with E-state index in [4.69, 9.17) is 18.6 Å². The molecule has 0 saturated carbocycles. The Morgan fingerprint density at radius 2 is 0.575 bits per heavy atom. The molecule has 426 valence electrons. The number of anilines is 6. The third-order valence-corrected chi connectivity index (χ3v) is 18.5. The van der Waals surface area contributed by atoms with Gasteiger partial charge in [-0.3, -0.25) is 0 Å². The van der Waals surface area contributed by atoms with E-state index in [9.17, 15) is 0 Å². The predicted octanol–water partition coefficient (Wildman–Crippen LogP) is 19.0. The lowest BCUT2D eigenvalue weighted by Gasteiger charge is -2.32. The maximum atomic E-state index is 6.60. The van der Waals surface area contributed by atoms with Crippen LogP contribution in [0.25, 0.3) is 72.0 Å². The standard InChI is InChI=1S/C78H69B2N3O4/c1-75(2)76(3,4)85-79(84-75)58-40-44-60(45-41-58)81(70-38-23-21-34-64(70)54-26-13-9-14-27-54)62-48-50-72-68(52-62)69-53-63(49-51-73(69)83(72)74-66(56-30-17-11-18-31-56)36-25-37-67(74)57-32-19-12-20-33-57)82(71-39-24-22-35-65(71)55-28-15-10-16-29-55)61-46-42-59(43-47-61)80-86-77(5,6)78(7,8)87-80/h9-53H,1-8H3. The largest absolute Gasteiger partial charge is 0.494 e. The molecule has 87 heavy (non-hydrogen) atoms. The highest BCUT2D eigenvalue weighted by molar-refractivity contribution is 6.62. The molecule has 0 radical (unpaired) electrons. The van der Waals surface area contributed by atoms with Crippen molar-refractivity contribution in [1.29, 1.82) is 0 Å². The van der Waals surface area contributed by atoms with E-state index in [1.807, 2.05) is 0 Å². The topological polar surface area (TPSA) is 48.3 Å². The summed E-state index contributed by atoms with van der Waals surface area (Å²) in [6, 6.07) is 98.6. The van der Waals surface area contributed by atoms with E-state index in [0.29, 0.717) is 0 Å². The molecule has 11 aromatic carbocycles. The molecule has 7 nitrogen and oxygen atoms in total. The minimum Gasteiger partial charge on any atom is -0.399 e. The van der Waals surface area contributed by atoms with Crippen molar-refractivity contribution >= 4 is 81.1 Å². The second-order valence-electron chi connectivity index (χ2n) is 25.0. The summed E-state index contributed by atoms with van der Waals surface area (Å²) >= 11 is 0. The van der Waals surface area contributed by atoms with Gasteiger partial charge in [-0.15, -0.1) is 0 Å². The van der Waals surface area contributed by atoms with Crippen LogP contribution in [0, 0.1) is 0 Å². The van der Waals surface area contributed by atoms with Crippen molar-refractivity contribution in [3.63, 3.8) is 0 Å². The minimum atomic E-state index is -0.502. The van der Waals surface area contributed by atoms with Crippen molar-refractivity contribution in [3.05, 3.63) is 273 Å². The second-order valence-corrected chi connectivity index (χ2v) is 25.0. The van der Waals surface area contributed by atoms with E-state index in [2.05, 4.69) is 343 Å². The summed E-state index contributed by atoms with van der Waals surface area (Å²) in [5.74, 6) is 0. The molecule has 1 aromatic heterocycles. The van der Waals surface area contributed by atoms with Gasteiger partial charge in [0.15, 0.2) is 0 Å². The summed E-state index contributed by atoms with van der Waals surface area (Å²) in [6.45, 7) is 16.8. The number of hydrogen-bond donors (Lipinski definition) is 0. The molecule has 0 atom stereocenters. The van der Waals surface area contributed by atoms with Crippen molar-refractivity contribution in [2.24, 2.45) is 0 Å². The minimum absolute atomic E-state index is 0.475. The Balaban J connectivity index is 1.03. The van der Waals surface area contributed by atoms with Gasteiger partial charge in [0.2, 0.25) is 0 Å². The van der Waals surface area contributed by atoms with E-state index < -0.39 is 36.6 Å². The first kappa shape index (κ1) is 55.6. The van der Waals surface area contributed by atoms with Crippen LogP contribution >= 0.6 is 0 Å². The lowest BCUT2D eigenvalue weighted by atomic mass is 9.79. The van der Waals surface area contributed by atoms with Crippen molar-refractivity contribution < 1.29 is 18.6 Å². The van der Waals surface area contributed by atoms with Crippen LogP contribution in [0.1, 0.15) is 55.4 Å². The maximum Gasteiger partial charge on any atom is 0.494 e. The van der Waals surface area contributed by atoms with Crippen LogP contribution in [0.4, 0.5) is 34.1 Å². The van der Waals surface area contributed by atoms with E-state index in [1.54, 1.807) is 0 Å². The Bertz CT molecular complexity index is 4160. The van der Waals surface area contributed by atoms with Gasteiger partial charge in [0, 0.05) is 55.8 Å². The fourth-order valence-electron chi connectivity index (χ4n) is 12.4. The second kappa shape index (κ2) is 21.9. The van der Waals surface area contributed by atoms with E-state index in [1.165, 1.54) is 0 Å². The van der Waals surface area contributed by atoms with Gasteiger partial charge in [-0.05, 0) is 161 Å². The summed E-state index contributed by atoms with van der Waals surface area (Å²) < 4.78 is 28.9. The quantitative estimate of drug-likeness (QED) is 0.107. The zero-order valence-corrected chi connectivity index (χ0v) is 50.6. The van der Waals surface area contributed by atoms with Crippen LogP contribution in [0.5, 0.6) is 0 Å². The average molecular weight is 1130 g/mol. The number of fused-ring (bicyclic) bond motifs is 3. The molecule has 14 rings (SSSR count). The van der Waals surface area contributed by atoms with Gasteiger partial charge in [-0.1, -0.05) is 200 Å². The van der Waals surface area contributed by atoms with E-state index in [0.717, 1.165) is 117 Å². The van der Waals surface area contributed by atoms with Gasteiger partial charge in [-0.2, -0.15) is 0 Å².